The molecule has 0 aliphatic rings. The minimum atomic E-state index is -0.603. The van der Waals surface area contributed by atoms with Crippen molar-refractivity contribution in [1.82, 2.24) is 0 Å². The first-order valence-corrected chi connectivity index (χ1v) is 7.34. The topological polar surface area (TPSA) is 55.4 Å². The lowest BCUT2D eigenvalue weighted by molar-refractivity contribution is -0.119. The van der Waals surface area contributed by atoms with Gasteiger partial charge in [0.25, 0.3) is 5.91 Å². The van der Waals surface area contributed by atoms with Crippen molar-refractivity contribution in [3.8, 4) is 0 Å². The van der Waals surface area contributed by atoms with Crippen LogP contribution in [-0.2, 0) is 9.53 Å². The summed E-state index contributed by atoms with van der Waals surface area (Å²) in [6, 6.07) is 18.4. The van der Waals surface area contributed by atoms with E-state index in [1.165, 1.54) is 18.2 Å². The molecule has 0 atom stereocenters. The molecule has 24 heavy (non-hydrogen) atoms. The number of hydrogen-bond acceptors (Lipinski definition) is 3. The van der Waals surface area contributed by atoms with Crippen molar-refractivity contribution in [3.63, 3.8) is 0 Å². The van der Waals surface area contributed by atoms with E-state index >= 15 is 0 Å². The number of anilines is 1. The van der Waals surface area contributed by atoms with Gasteiger partial charge in [0, 0.05) is 0 Å². The Bertz CT molecular complexity index is 903. The quantitative estimate of drug-likeness (QED) is 0.744. The van der Waals surface area contributed by atoms with Gasteiger partial charge in [0.15, 0.2) is 6.61 Å². The number of hydrogen-bond donors (Lipinski definition) is 1. The number of carbonyl (C=O) groups excluding carboxylic acids is 2. The molecule has 4 nitrogen and oxygen atoms in total. The van der Waals surface area contributed by atoms with Crippen molar-refractivity contribution < 1.29 is 18.7 Å². The zero-order valence-corrected chi connectivity index (χ0v) is 12.7. The Morgan fingerprint density at radius 2 is 1.62 bits per heavy atom. The first kappa shape index (κ1) is 15.7. The van der Waals surface area contributed by atoms with E-state index in [0.29, 0.717) is 5.56 Å². The van der Waals surface area contributed by atoms with Crippen LogP contribution in [0.3, 0.4) is 0 Å². The lowest BCUT2D eigenvalue weighted by Crippen LogP contribution is -2.21. The lowest BCUT2D eigenvalue weighted by atomic mass is 10.1. The number of para-hydroxylation sites is 1. The molecule has 0 fully saturated rings. The van der Waals surface area contributed by atoms with Crippen molar-refractivity contribution in [2.24, 2.45) is 0 Å². The average Bonchev–Trinajstić information content (AvgIpc) is 2.61. The highest BCUT2D eigenvalue weighted by Gasteiger charge is 2.14. The molecule has 1 N–H and O–H groups in total. The van der Waals surface area contributed by atoms with Gasteiger partial charge in [0.05, 0.1) is 11.3 Å². The van der Waals surface area contributed by atoms with Crippen molar-refractivity contribution >= 4 is 28.3 Å². The Kier molecular flexibility index (Phi) is 4.52. The first-order valence-electron chi connectivity index (χ1n) is 7.34. The second kappa shape index (κ2) is 6.91. The van der Waals surface area contributed by atoms with Gasteiger partial charge in [-0.25, -0.2) is 9.18 Å². The van der Waals surface area contributed by atoms with Gasteiger partial charge in [-0.1, -0.05) is 48.5 Å². The van der Waals surface area contributed by atoms with Gasteiger partial charge in [-0.2, -0.15) is 0 Å². The smallest absolute Gasteiger partial charge is 0.339 e. The molecule has 3 aromatic carbocycles. The summed E-state index contributed by atoms with van der Waals surface area (Å²) in [7, 11) is 0. The maximum Gasteiger partial charge on any atom is 0.339 e. The highest BCUT2D eigenvalue weighted by atomic mass is 19.1. The van der Waals surface area contributed by atoms with E-state index in [1.54, 1.807) is 18.2 Å². The van der Waals surface area contributed by atoms with E-state index in [4.69, 9.17) is 4.74 Å². The van der Waals surface area contributed by atoms with Gasteiger partial charge in [0.2, 0.25) is 0 Å². The van der Waals surface area contributed by atoms with Crippen LogP contribution in [0.15, 0.2) is 66.7 Å². The van der Waals surface area contributed by atoms with Crippen molar-refractivity contribution in [3.05, 3.63) is 78.1 Å². The summed E-state index contributed by atoms with van der Waals surface area (Å²) in [5, 5.41) is 4.02. The molecule has 0 bridgehead atoms. The second-order valence-electron chi connectivity index (χ2n) is 5.13. The van der Waals surface area contributed by atoms with Gasteiger partial charge in [-0.3, -0.25) is 4.79 Å². The van der Waals surface area contributed by atoms with Crippen molar-refractivity contribution in [2.45, 2.75) is 0 Å². The Labute approximate surface area is 137 Å². The van der Waals surface area contributed by atoms with Gasteiger partial charge < -0.3 is 10.1 Å². The lowest BCUT2D eigenvalue weighted by Gasteiger charge is -2.08. The standard InChI is InChI=1S/C19H14FNO3/c20-16-10-3-4-11-17(16)21-18(22)12-24-19(23)15-9-5-7-13-6-1-2-8-14(13)15/h1-11H,12H2,(H,21,22). The molecule has 0 saturated heterocycles. The van der Waals surface area contributed by atoms with Crippen LogP contribution >= 0.6 is 0 Å². The van der Waals surface area contributed by atoms with Crippen LogP contribution in [0.5, 0.6) is 0 Å². The Morgan fingerprint density at radius 1 is 0.917 bits per heavy atom. The molecule has 120 valence electrons. The molecule has 0 heterocycles. The predicted octanol–water partition coefficient (Wildman–Crippen LogP) is 3.77. The van der Waals surface area contributed by atoms with Gasteiger partial charge >= 0.3 is 5.97 Å². The molecule has 5 heteroatoms. The third kappa shape index (κ3) is 3.41. The normalized spacial score (nSPS) is 10.4. The molecule has 3 rings (SSSR count). The number of rotatable bonds is 4. The minimum absolute atomic E-state index is 0.0451. The van der Waals surface area contributed by atoms with E-state index in [-0.39, 0.29) is 5.69 Å². The SMILES string of the molecule is O=C(COC(=O)c1cccc2ccccc12)Nc1ccccc1F. The molecular formula is C19H14FNO3. The van der Waals surface area contributed by atoms with Gasteiger partial charge in [-0.05, 0) is 29.0 Å². The molecule has 0 saturated carbocycles. The molecule has 0 aliphatic heterocycles. The average molecular weight is 323 g/mol. The Morgan fingerprint density at radius 3 is 2.46 bits per heavy atom. The van der Waals surface area contributed by atoms with E-state index < -0.39 is 24.3 Å². The number of fused-ring (bicyclic) bond motifs is 1. The first-order chi connectivity index (χ1) is 11.6. The molecule has 0 unspecified atom stereocenters. The number of ether oxygens (including phenoxy) is 1. The summed E-state index contributed by atoms with van der Waals surface area (Å²) in [6.07, 6.45) is 0. The third-order valence-corrected chi connectivity index (χ3v) is 3.49. The van der Waals surface area contributed by atoms with Gasteiger partial charge in [0.1, 0.15) is 5.82 Å². The molecule has 1 amide bonds. The summed E-state index contributed by atoms with van der Waals surface area (Å²) in [4.78, 5) is 24.0. The third-order valence-electron chi connectivity index (χ3n) is 3.49. The van der Waals surface area contributed by atoms with Crippen LogP contribution in [-0.4, -0.2) is 18.5 Å². The number of carbonyl (C=O) groups is 2. The van der Waals surface area contributed by atoms with Gasteiger partial charge in [-0.15, -0.1) is 0 Å². The maximum atomic E-state index is 13.5. The van der Waals surface area contributed by atoms with E-state index in [2.05, 4.69) is 5.32 Å². The molecular weight excluding hydrogens is 309 g/mol. The van der Waals surface area contributed by atoms with Crippen LogP contribution in [0.1, 0.15) is 10.4 Å². The van der Waals surface area contributed by atoms with E-state index in [0.717, 1.165) is 10.8 Å². The molecule has 3 aromatic rings. The zero-order valence-electron chi connectivity index (χ0n) is 12.7. The number of benzene rings is 3. The fourth-order valence-corrected chi connectivity index (χ4v) is 2.36. The highest BCUT2D eigenvalue weighted by Crippen LogP contribution is 2.19. The van der Waals surface area contributed by atoms with Crippen LogP contribution < -0.4 is 5.32 Å². The molecule has 0 aromatic heterocycles. The highest BCUT2D eigenvalue weighted by molar-refractivity contribution is 6.05. The van der Waals surface area contributed by atoms with Crippen LogP contribution in [0.2, 0.25) is 0 Å². The van der Waals surface area contributed by atoms with E-state index in [1.807, 2.05) is 30.3 Å². The number of halogens is 1. The number of nitrogens with one attached hydrogen (secondary N) is 1. The molecule has 0 spiro atoms. The summed E-state index contributed by atoms with van der Waals surface area (Å²) in [5.74, 6) is -1.75. The summed E-state index contributed by atoms with van der Waals surface area (Å²) < 4.78 is 18.5. The predicted molar refractivity (Wildman–Crippen MR) is 89.3 cm³/mol. The largest absolute Gasteiger partial charge is 0.452 e. The Hall–Kier alpha value is -3.21. The van der Waals surface area contributed by atoms with Crippen LogP contribution in [0.4, 0.5) is 10.1 Å². The fourth-order valence-electron chi connectivity index (χ4n) is 2.36. The summed E-state index contributed by atoms with van der Waals surface area (Å²) >= 11 is 0. The maximum absolute atomic E-state index is 13.5. The van der Waals surface area contributed by atoms with Crippen LogP contribution in [0.25, 0.3) is 10.8 Å². The fraction of sp³-hybridized carbons (Fsp3) is 0.0526. The molecule has 0 aliphatic carbocycles. The Balaban J connectivity index is 1.67. The van der Waals surface area contributed by atoms with Crippen LogP contribution in [0, 0.1) is 5.82 Å². The molecule has 0 radical (unpaired) electrons. The van der Waals surface area contributed by atoms with Crippen molar-refractivity contribution in [2.75, 3.05) is 11.9 Å². The van der Waals surface area contributed by atoms with E-state index in [9.17, 15) is 14.0 Å². The number of amides is 1. The number of esters is 1. The monoisotopic (exact) mass is 323 g/mol. The zero-order chi connectivity index (χ0) is 16.9. The summed E-state index contributed by atoms with van der Waals surface area (Å²) in [5.41, 5.74) is 0.426. The van der Waals surface area contributed by atoms with Crippen molar-refractivity contribution in [1.29, 1.82) is 0 Å². The minimum Gasteiger partial charge on any atom is -0.452 e. The summed E-state index contributed by atoms with van der Waals surface area (Å²) in [6.45, 7) is -0.490. The second-order valence-corrected chi connectivity index (χ2v) is 5.13.